The highest BCUT2D eigenvalue weighted by Gasteiger charge is 2.27. The van der Waals surface area contributed by atoms with Crippen LogP contribution in [0.25, 0.3) is 0 Å². The molecule has 0 radical (unpaired) electrons. The van der Waals surface area contributed by atoms with Gasteiger partial charge >= 0.3 is 0 Å². The molecule has 0 saturated heterocycles. The van der Waals surface area contributed by atoms with Gasteiger partial charge in [-0.2, -0.15) is 11.8 Å². The van der Waals surface area contributed by atoms with Gasteiger partial charge in [0.25, 0.3) is 0 Å². The lowest BCUT2D eigenvalue weighted by Crippen LogP contribution is -2.35. The molecule has 0 heterocycles. The second kappa shape index (κ2) is 4.43. The molecule has 3 N–H and O–H groups in total. The van der Waals surface area contributed by atoms with E-state index in [1.54, 1.807) is 0 Å². The summed E-state index contributed by atoms with van der Waals surface area (Å²) in [6.07, 6.45) is 8.49. The van der Waals surface area contributed by atoms with Crippen LogP contribution < -0.4 is 11.1 Å². The van der Waals surface area contributed by atoms with Crippen molar-refractivity contribution in [2.45, 2.75) is 49.4 Å². The predicted molar refractivity (Wildman–Crippen MR) is 62.7 cm³/mol. The second-order valence-corrected chi connectivity index (χ2v) is 5.28. The van der Waals surface area contributed by atoms with Crippen molar-refractivity contribution in [3.63, 3.8) is 0 Å². The highest BCUT2D eigenvalue weighted by atomic mass is 32.2. The maximum absolute atomic E-state index is 5.84. The molecule has 0 spiro atoms. The largest absolute Gasteiger partial charge is 0.370 e. The number of guanidine groups is 1. The second-order valence-electron chi connectivity index (χ2n) is 4.21. The number of nitrogens with one attached hydrogen (secondary N) is 1. The number of nitrogens with zero attached hydrogens (tertiary/aromatic N) is 1. The minimum atomic E-state index is 0.455. The maximum Gasteiger partial charge on any atom is 0.189 e. The molecule has 2 saturated carbocycles. The Hall–Kier alpha value is -0.380. The Morgan fingerprint density at radius 3 is 2.79 bits per heavy atom. The summed E-state index contributed by atoms with van der Waals surface area (Å²) in [5.41, 5.74) is 5.84. The number of nitrogens with two attached hydrogens (primary N) is 1. The summed E-state index contributed by atoms with van der Waals surface area (Å²) in [7, 11) is 0. The third-order valence-electron chi connectivity index (χ3n) is 2.95. The molecule has 0 amide bonds. The van der Waals surface area contributed by atoms with Gasteiger partial charge in [-0.1, -0.05) is 6.42 Å². The van der Waals surface area contributed by atoms with E-state index < -0.39 is 0 Å². The zero-order chi connectivity index (χ0) is 9.97. The summed E-state index contributed by atoms with van der Waals surface area (Å²) in [5, 5.41) is 3.93. The average molecular weight is 213 g/mol. The van der Waals surface area contributed by atoms with Crippen LogP contribution in [0.1, 0.15) is 32.1 Å². The maximum atomic E-state index is 5.84. The normalized spacial score (nSPS) is 33.4. The fraction of sp³-hybridized carbons (Fsp3) is 0.900. The molecular formula is C10H19N3S. The van der Waals surface area contributed by atoms with Gasteiger partial charge in [0, 0.05) is 11.3 Å². The Morgan fingerprint density at radius 2 is 2.14 bits per heavy atom. The van der Waals surface area contributed by atoms with Gasteiger partial charge in [0.15, 0.2) is 5.96 Å². The van der Waals surface area contributed by atoms with E-state index in [1.807, 2.05) is 11.8 Å². The lowest BCUT2D eigenvalue weighted by Gasteiger charge is -2.14. The van der Waals surface area contributed by atoms with Crippen LogP contribution in [0.3, 0.4) is 0 Å². The lowest BCUT2D eigenvalue weighted by atomic mass is 10.3. The molecule has 0 aromatic heterocycles. The molecule has 2 atom stereocenters. The molecular weight excluding hydrogens is 194 g/mol. The molecule has 2 unspecified atom stereocenters. The van der Waals surface area contributed by atoms with Gasteiger partial charge in [-0.3, -0.25) is 0 Å². The van der Waals surface area contributed by atoms with E-state index in [2.05, 4.69) is 16.6 Å². The third-order valence-corrected chi connectivity index (χ3v) is 4.11. The van der Waals surface area contributed by atoms with Crippen molar-refractivity contribution in [2.75, 3.05) is 6.26 Å². The molecule has 0 aliphatic heterocycles. The Balaban J connectivity index is 1.86. The third kappa shape index (κ3) is 2.56. The van der Waals surface area contributed by atoms with E-state index >= 15 is 0 Å². The number of hydrogen-bond acceptors (Lipinski definition) is 2. The van der Waals surface area contributed by atoms with Crippen LogP contribution in [-0.4, -0.2) is 29.5 Å². The van der Waals surface area contributed by atoms with E-state index in [0.29, 0.717) is 23.3 Å². The van der Waals surface area contributed by atoms with Crippen molar-refractivity contribution in [1.29, 1.82) is 0 Å². The highest BCUT2D eigenvalue weighted by Crippen LogP contribution is 2.30. The van der Waals surface area contributed by atoms with Crippen LogP contribution in [0.4, 0.5) is 0 Å². The van der Waals surface area contributed by atoms with Gasteiger partial charge in [-0.25, -0.2) is 4.99 Å². The van der Waals surface area contributed by atoms with E-state index in [0.717, 1.165) is 0 Å². The Bertz CT molecular complexity index is 225. The van der Waals surface area contributed by atoms with E-state index in [4.69, 9.17) is 5.73 Å². The van der Waals surface area contributed by atoms with Gasteiger partial charge in [0.2, 0.25) is 0 Å². The van der Waals surface area contributed by atoms with Gasteiger partial charge in [-0.05, 0) is 31.9 Å². The van der Waals surface area contributed by atoms with Gasteiger partial charge < -0.3 is 11.1 Å². The van der Waals surface area contributed by atoms with Crippen LogP contribution >= 0.6 is 11.8 Å². The average Bonchev–Trinajstić information content (AvgIpc) is 2.84. The van der Waals surface area contributed by atoms with Gasteiger partial charge in [0.1, 0.15) is 0 Å². The molecule has 2 fully saturated rings. The van der Waals surface area contributed by atoms with Crippen LogP contribution in [-0.2, 0) is 0 Å². The summed E-state index contributed by atoms with van der Waals surface area (Å²) in [6, 6.07) is 1.07. The predicted octanol–water partition coefficient (Wildman–Crippen LogP) is 1.34. The van der Waals surface area contributed by atoms with Crippen LogP contribution in [0.15, 0.2) is 4.99 Å². The van der Waals surface area contributed by atoms with E-state index in [-0.39, 0.29) is 0 Å². The smallest absolute Gasteiger partial charge is 0.189 e. The molecule has 0 aromatic carbocycles. The fourth-order valence-electron chi connectivity index (χ4n) is 1.98. The molecule has 0 aromatic rings. The first-order chi connectivity index (χ1) is 6.79. The van der Waals surface area contributed by atoms with Crippen LogP contribution in [0.2, 0.25) is 0 Å². The first-order valence-corrected chi connectivity index (χ1v) is 6.71. The minimum Gasteiger partial charge on any atom is -0.370 e. The fourth-order valence-corrected chi connectivity index (χ4v) is 2.90. The van der Waals surface area contributed by atoms with E-state index in [9.17, 15) is 0 Å². The SMILES string of the molecule is CSC1CCCC1N=C(N)NC1CC1. The minimum absolute atomic E-state index is 0.455. The summed E-state index contributed by atoms with van der Waals surface area (Å²) in [4.78, 5) is 4.57. The molecule has 4 heteroatoms. The molecule has 2 rings (SSSR count). The van der Waals surface area contributed by atoms with Crippen molar-refractivity contribution in [3.05, 3.63) is 0 Å². The molecule has 3 nitrogen and oxygen atoms in total. The van der Waals surface area contributed by atoms with Crippen molar-refractivity contribution >= 4 is 17.7 Å². The van der Waals surface area contributed by atoms with Crippen molar-refractivity contribution in [2.24, 2.45) is 10.7 Å². The number of rotatable bonds is 3. The molecule has 14 heavy (non-hydrogen) atoms. The Morgan fingerprint density at radius 1 is 1.36 bits per heavy atom. The number of hydrogen-bond donors (Lipinski definition) is 2. The summed E-state index contributed by atoms with van der Waals surface area (Å²) < 4.78 is 0. The molecule has 0 bridgehead atoms. The van der Waals surface area contributed by atoms with Gasteiger partial charge in [-0.15, -0.1) is 0 Å². The highest BCUT2D eigenvalue weighted by molar-refractivity contribution is 7.99. The standard InChI is InChI=1S/C10H19N3S/c1-14-9-4-2-3-8(9)13-10(11)12-7-5-6-7/h7-9H,2-6H2,1H3,(H3,11,12,13). The van der Waals surface area contributed by atoms with Crippen LogP contribution in [0, 0.1) is 0 Å². The zero-order valence-corrected chi connectivity index (χ0v) is 9.52. The van der Waals surface area contributed by atoms with Crippen molar-refractivity contribution in [3.8, 4) is 0 Å². The lowest BCUT2D eigenvalue weighted by molar-refractivity contribution is 0.707. The zero-order valence-electron chi connectivity index (χ0n) is 8.70. The Kier molecular flexibility index (Phi) is 3.21. The quantitative estimate of drug-likeness (QED) is 0.549. The Labute approximate surface area is 89.9 Å². The van der Waals surface area contributed by atoms with Crippen molar-refractivity contribution in [1.82, 2.24) is 5.32 Å². The summed E-state index contributed by atoms with van der Waals surface area (Å²) >= 11 is 1.93. The van der Waals surface area contributed by atoms with Crippen molar-refractivity contribution < 1.29 is 0 Å². The molecule has 2 aliphatic rings. The van der Waals surface area contributed by atoms with E-state index in [1.165, 1.54) is 32.1 Å². The number of aliphatic imine (C=N–C) groups is 1. The first kappa shape index (κ1) is 10.1. The van der Waals surface area contributed by atoms with Gasteiger partial charge in [0.05, 0.1) is 6.04 Å². The topological polar surface area (TPSA) is 50.4 Å². The summed E-state index contributed by atoms with van der Waals surface area (Å²) in [5.74, 6) is 0.665. The van der Waals surface area contributed by atoms with Crippen LogP contribution in [0.5, 0.6) is 0 Å². The molecule has 80 valence electrons. The molecule has 2 aliphatic carbocycles. The summed E-state index contributed by atoms with van der Waals surface area (Å²) in [6.45, 7) is 0. The first-order valence-electron chi connectivity index (χ1n) is 5.42. The number of thioether (sulfide) groups is 1. The monoisotopic (exact) mass is 213 g/mol.